The second-order valence-corrected chi connectivity index (χ2v) is 5.80. The molecule has 1 aromatic carbocycles. The van der Waals surface area contributed by atoms with E-state index in [-0.39, 0.29) is 30.9 Å². The zero-order valence-corrected chi connectivity index (χ0v) is 13.4. The Morgan fingerprint density at radius 3 is 2.62 bits per heavy atom. The van der Waals surface area contributed by atoms with Crippen molar-refractivity contribution in [1.29, 1.82) is 0 Å². The van der Waals surface area contributed by atoms with Gasteiger partial charge in [-0.3, -0.25) is 9.69 Å². The second-order valence-electron chi connectivity index (χ2n) is 5.80. The van der Waals surface area contributed by atoms with Crippen molar-refractivity contribution in [3.8, 4) is 11.5 Å². The topological polar surface area (TPSA) is 97.3 Å². The molecule has 0 saturated carbocycles. The first-order valence-corrected chi connectivity index (χ1v) is 7.79. The Morgan fingerprint density at radius 1 is 1.29 bits per heavy atom. The minimum absolute atomic E-state index is 0.0729. The Morgan fingerprint density at radius 2 is 1.96 bits per heavy atom. The molecule has 2 N–H and O–H groups in total. The van der Waals surface area contributed by atoms with Crippen LogP contribution in [0.1, 0.15) is 23.2 Å². The molecule has 1 aromatic rings. The number of fused-ring (bicyclic) bond motifs is 1. The van der Waals surface area contributed by atoms with Gasteiger partial charge in [0.05, 0.1) is 31.0 Å². The van der Waals surface area contributed by atoms with E-state index in [2.05, 4.69) is 5.32 Å². The first-order chi connectivity index (χ1) is 11.6. The predicted molar refractivity (Wildman–Crippen MR) is 84.2 cm³/mol. The van der Waals surface area contributed by atoms with Crippen LogP contribution in [0.5, 0.6) is 11.5 Å². The first-order valence-electron chi connectivity index (χ1n) is 7.79. The van der Waals surface area contributed by atoms with Gasteiger partial charge in [0.2, 0.25) is 12.7 Å². The van der Waals surface area contributed by atoms with Crippen LogP contribution in [0.15, 0.2) is 12.1 Å². The SMILES string of the molecule is COC(=O)c1cc2c(cc1NC(=O)CN1CCC(O)CC1)OCO2. The number of hydrogen-bond acceptors (Lipinski definition) is 7. The van der Waals surface area contributed by atoms with Crippen LogP contribution in [0.25, 0.3) is 0 Å². The van der Waals surface area contributed by atoms with E-state index in [0.717, 1.165) is 0 Å². The van der Waals surface area contributed by atoms with Crippen LogP contribution >= 0.6 is 0 Å². The molecular weight excluding hydrogens is 316 g/mol. The van der Waals surface area contributed by atoms with Gasteiger partial charge in [-0.25, -0.2) is 4.79 Å². The molecule has 0 aliphatic carbocycles. The van der Waals surface area contributed by atoms with Crippen LogP contribution in [-0.2, 0) is 9.53 Å². The van der Waals surface area contributed by atoms with Crippen LogP contribution in [0.2, 0.25) is 0 Å². The van der Waals surface area contributed by atoms with E-state index in [1.165, 1.54) is 13.2 Å². The van der Waals surface area contributed by atoms with Gasteiger partial charge in [0.1, 0.15) is 0 Å². The highest BCUT2D eigenvalue weighted by molar-refractivity contribution is 6.02. The summed E-state index contributed by atoms with van der Waals surface area (Å²) in [7, 11) is 1.28. The van der Waals surface area contributed by atoms with Crippen molar-refractivity contribution >= 4 is 17.6 Å². The third kappa shape index (κ3) is 3.60. The van der Waals surface area contributed by atoms with Crippen molar-refractivity contribution in [3.05, 3.63) is 17.7 Å². The molecule has 3 rings (SSSR count). The molecule has 2 heterocycles. The van der Waals surface area contributed by atoms with E-state index in [0.29, 0.717) is 43.1 Å². The summed E-state index contributed by atoms with van der Waals surface area (Å²) < 4.78 is 15.3. The van der Waals surface area contributed by atoms with Gasteiger partial charge in [0, 0.05) is 25.2 Å². The monoisotopic (exact) mass is 336 g/mol. The number of nitrogens with one attached hydrogen (secondary N) is 1. The third-order valence-corrected chi connectivity index (χ3v) is 4.12. The van der Waals surface area contributed by atoms with Gasteiger partial charge in [0.15, 0.2) is 11.5 Å². The largest absolute Gasteiger partial charge is 0.465 e. The number of carbonyl (C=O) groups is 2. The highest BCUT2D eigenvalue weighted by Gasteiger charge is 2.24. The van der Waals surface area contributed by atoms with Crippen LogP contribution in [0.3, 0.4) is 0 Å². The number of aliphatic hydroxyl groups excluding tert-OH is 1. The highest BCUT2D eigenvalue weighted by atomic mass is 16.7. The molecule has 1 fully saturated rings. The summed E-state index contributed by atoms with van der Waals surface area (Å²) in [5, 5.41) is 12.2. The molecule has 130 valence electrons. The smallest absolute Gasteiger partial charge is 0.340 e. The molecule has 0 atom stereocenters. The number of anilines is 1. The van der Waals surface area contributed by atoms with E-state index in [1.807, 2.05) is 4.90 Å². The summed E-state index contributed by atoms with van der Waals surface area (Å²) in [6, 6.07) is 3.06. The van der Waals surface area contributed by atoms with E-state index >= 15 is 0 Å². The summed E-state index contributed by atoms with van der Waals surface area (Å²) >= 11 is 0. The molecule has 2 aliphatic rings. The molecule has 0 spiro atoms. The number of piperidine rings is 1. The lowest BCUT2D eigenvalue weighted by atomic mass is 10.1. The minimum atomic E-state index is -0.565. The number of rotatable bonds is 4. The van der Waals surface area contributed by atoms with Gasteiger partial charge in [-0.1, -0.05) is 0 Å². The summed E-state index contributed by atoms with van der Waals surface area (Å²) in [5.41, 5.74) is 0.539. The number of methoxy groups -OCH3 is 1. The van der Waals surface area contributed by atoms with Gasteiger partial charge in [-0.2, -0.15) is 0 Å². The number of likely N-dealkylation sites (tertiary alicyclic amines) is 1. The van der Waals surface area contributed by atoms with Crippen LogP contribution in [0.4, 0.5) is 5.69 Å². The summed E-state index contributed by atoms with van der Waals surface area (Å²) in [6.07, 6.45) is 1.03. The minimum Gasteiger partial charge on any atom is -0.465 e. The number of nitrogens with zero attached hydrogens (tertiary/aromatic N) is 1. The van der Waals surface area contributed by atoms with Crippen LogP contribution in [0, 0.1) is 0 Å². The molecule has 0 aromatic heterocycles. The zero-order valence-electron chi connectivity index (χ0n) is 13.4. The first kappa shape index (κ1) is 16.5. The average Bonchev–Trinajstić information content (AvgIpc) is 3.02. The third-order valence-electron chi connectivity index (χ3n) is 4.12. The number of benzene rings is 1. The van der Waals surface area contributed by atoms with Crippen molar-refractivity contribution < 1.29 is 28.9 Å². The molecule has 0 bridgehead atoms. The maximum atomic E-state index is 12.3. The lowest BCUT2D eigenvalue weighted by molar-refractivity contribution is -0.117. The molecule has 2 aliphatic heterocycles. The van der Waals surface area contributed by atoms with Gasteiger partial charge in [0.25, 0.3) is 0 Å². The molecule has 0 unspecified atom stereocenters. The van der Waals surface area contributed by atoms with Gasteiger partial charge in [-0.15, -0.1) is 0 Å². The highest BCUT2D eigenvalue weighted by Crippen LogP contribution is 2.37. The van der Waals surface area contributed by atoms with E-state index in [4.69, 9.17) is 14.2 Å². The van der Waals surface area contributed by atoms with E-state index in [1.54, 1.807) is 6.07 Å². The predicted octanol–water partition coefficient (Wildman–Crippen LogP) is 0.597. The Kier molecular flexibility index (Phi) is 4.86. The number of aliphatic hydroxyl groups is 1. The zero-order chi connectivity index (χ0) is 17.1. The number of ether oxygens (including phenoxy) is 3. The fraction of sp³-hybridized carbons (Fsp3) is 0.500. The van der Waals surface area contributed by atoms with Crippen LogP contribution < -0.4 is 14.8 Å². The Labute approximate surface area is 139 Å². The summed E-state index contributed by atoms with van der Waals surface area (Å²) in [4.78, 5) is 26.2. The Balaban J connectivity index is 1.71. The fourth-order valence-electron chi connectivity index (χ4n) is 2.79. The molecule has 0 radical (unpaired) electrons. The van der Waals surface area contributed by atoms with Crippen molar-refractivity contribution in [2.24, 2.45) is 0 Å². The maximum Gasteiger partial charge on any atom is 0.340 e. The van der Waals surface area contributed by atoms with Crippen LogP contribution in [-0.4, -0.2) is 61.5 Å². The maximum absolute atomic E-state index is 12.3. The Bertz CT molecular complexity index is 640. The molecule has 8 heteroatoms. The molecule has 1 amide bonds. The number of carbonyl (C=O) groups excluding carboxylic acids is 2. The summed E-state index contributed by atoms with van der Waals surface area (Å²) in [5.74, 6) is 0.109. The van der Waals surface area contributed by atoms with E-state index in [9.17, 15) is 14.7 Å². The lowest BCUT2D eigenvalue weighted by Crippen LogP contribution is -2.40. The van der Waals surface area contributed by atoms with Gasteiger partial charge < -0.3 is 24.6 Å². The van der Waals surface area contributed by atoms with E-state index < -0.39 is 5.97 Å². The second kappa shape index (κ2) is 7.06. The fourth-order valence-corrected chi connectivity index (χ4v) is 2.79. The summed E-state index contributed by atoms with van der Waals surface area (Å²) in [6.45, 7) is 1.60. The molecule has 8 nitrogen and oxygen atoms in total. The normalized spacial score (nSPS) is 17.6. The van der Waals surface area contributed by atoms with Crippen molar-refractivity contribution in [1.82, 2.24) is 4.90 Å². The van der Waals surface area contributed by atoms with Gasteiger partial charge >= 0.3 is 5.97 Å². The van der Waals surface area contributed by atoms with Crippen molar-refractivity contribution in [2.75, 3.05) is 38.9 Å². The lowest BCUT2D eigenvalue weighted by Gasteiger charge is -2.28. The van der Waals surface area contributed by atoms with Gasteiger partial charge in [-0.05, 0) is 12.8 Å². The number of hydrogen-bond donors (Lipinski definition) is 2. The standard InChI is InChI=1S/C16H20N2O6/c1-22-16(21)11-6-13-14(24-9-23-13)7-12(11)17-15(20)8-18-4-2-10(19)3-5-18/h6-7,10,19H,2-5,8-9H2,1H3,(H,17,20). The average molecular weight is 336 g/mol. The Hall–Kier alpha value is -2.32. The molecule has 24 heavy (non-hydrogen) atoms. The molecular formula is C16H20N2O6. The van der Waals surface area contributed by atoms with Crippen molar-refractivity contribution in [3.63, 3.8) is 0 Å². The van der Waals surface area contributed by atoms with Crippen molar-refractivity contribution in [2.45, 2.75) is 18.9 Å². The number of esters is 1. The quantitative estimate of drug-likeness (QED) is 0.777. The molecule has 1 saturated heterocycles. The number of amides is 1.